The SMILES string of the molecule is CCN(CC)CCOC(=O)c1ccc(NC(=O)Nc2c[n+](C(C)Cc3ccccc3)no2)cc1. The van der Waals surface area contributed by atoms with Crippen LogP contribution in [-0.2, 0) is 11.2 Å². The molecule has 0 fully saturated rings. The lowest BCUT2D eigenvalue weighted by Crippen LogP contribution is -2.40. The van der Waals surface area contributed by atoms with Gasteiger partial charge in [0.15, 0.2) is 6.04 Å². The minimum atomic E-state index is -0.478. The summed E-state index contributed by atoms with van der Waals surface area (Å²) in [5, 5.41) is 9.32. The van der Waals surface area contributed by atoms with E-state index in [1.54, 1.807) is 35.1 Å². The van der Waals surface area contributed by atoms with E-state index < -0.39 is 6.03 Å². The molecule has 0 saturated carbocycles. The van der Waals surface area contributed by atoms with Gasteiger partial charge in [0.2, 0.25) is 5.27 Å². The van der Waals surface area contributed by atoms with E-state index in [-0.39, 0.29) is 17.9 Å². The van der Waals surface area contributed by atoms with Gasteiger partial charge in [0, 0.05) is 25.6 Å². The van der Waals surface area contributed by atoms with Gasteiger partial charge in [-0.1, -0.05) is 44.2 Å². The number of hydrogen-bond donors (Lipinski definition) is 2. The lowest BCUT2D eigenvalue weighted by atomic mass is 10.1. The second-order valence-electron chi connectivity index (χ2n) is 7.90. The number of nitrogens with zero attached hydrogens (tertiary/aromatic N) is 3. The summed E-state index contributed by atoms with van der Waals surface area (Å²) in [6, 6.07) is 16.2. The number of anilines is 2. The van der Waals surface area contributed by atoms with Gasteiger partial charge in [-0.3, -0.25) is 9.84 Å². The van der Waals surface area contributed by atoms with E-state index in [4.69, 9.17) is 9.26 Å². The smallest absolute Gasteiger partial charge is 0.338 e. The molecule has 1 aromatic heterocycles. The molecule has 0 spiro atoms. The molecule has 9 nitrogen and oxygen atoms in total. The van der Waals surface area contributed by atoms with Gasteiger partial charge in [-0.15, -0.1) is 0 Å². The standard InChI is InChI=1S/C25H31N5O4/c1-4-29(5-2)15-16-33-24(31)21-11-13-22(14-12-21)26-25(32)27-23-18-30(28-34-23)19(3)17-20-9-7-6-8-10-20/h6-14,18-19H,4-5,15-17H2,1-3H3,(H-,26,27,28,31,32)/p+1. The fraction of sp³-hybridized carbons (Fsp3) is 0.360. The molecule has 0 saturated heterocycles. The summed E-state index contributed by atoms with van der Waals surface area (Å²) in [6.45, 7) is 9.03. The number of carbonyl (C=O) groups excluding carboxylic acids is 2. The van der Waals surface area contributed by atoms with Gasteiger partial charge in [0.05, 0.1) is 5.56 Å². The van der Waals surface area contributed by atoms with Crippen molar-refractivity contribution in [3.63, 3.8) is 0 Å². The third kappa shape index (κ3) is 7.41. The van der Waals surface area contributed by atoms with Crippen molar-refractivity contribution in [1.82, 2.24) is 10.2 Å². The van der Waals surface area contributed by atoms with Gasteiger partial charge < -0.3 is 15.0 Å². The largest absolute Gasteiger partial charge is 0.461 e. The maximum Gasteiger partial charge on any atom is 0.338 e. The number of likely N-dealkylation sites (N-methyl/N-ethyl adjacent to an activating group) is 1. The van der Waals surface area contributed by atoms with Crippen LogP contribution >= 0.6 is 0 Å². The van der Waals surface area contributed by atoms with Crippen molar-refractivity contribution >= 4 is 23.6 Å². The van der Waals surface area contributed by atoms with Gasteiger partial charge >= 0.3 is 17.9 Å². The van der Waals surface area contributed by atoms with E-state index in [2.05, 4.69) is 46.8 Å². The summed E-state index contributed by atoms with van der Waals surface area (Å²) in [6.07, 6.45) is 2.43. The van der Waals surface area contributed by atoms with Crippen LogP contribution in [-0.4, -0.2) is 48.4 Å². The molecule has 0 aliphatic carbocycles. The highest BCUT2D eigenvalue weighted by Gasteiger charge is 2.21. The van der Waals surface area contributed by atoms with Crippen LogP contribution in [0.5, 0.6) is 0 Å². The summed E-state index contributed by atoms with van der Waals surface area (Å²) in [5.41, 5.74) is 2.14. The van der Waals surface area contributed by atoms with Gasteiger partial charge in [-0.2, -0.15) is 0 Å². The van der Waals surface area contributed by atoms with Crippen LogP contribution in [0.1, 0.15) is 42.7 Å². The molecule has 3 rings (SSSR count). The Morgan fingerprint density at radius 1 is 1.06 bits per heavy atom. The third-order valence-corrected chi connectivity index (χ3v) is 5.46. The molecule has 0 aliphatic heterocycles. The number of urea groups is 1. The summed E-state index contributed by atoms with van der Waals surface area (Å²) in [4.78, 5) is 26.7. The van der Waals surface area contributed by atoms with Crippen molar-refractivity contribution in [2.24, 2.45) is 0 Å². The van der Waals surface area contributed by atoms with Crippen molar-refractivity contribution in [3.05, 3.63) is 71.9 Å². The van der Waals surface area contributed by atoms with Crippen LogP contribution in [0.3, 0.4) is 0 Å². The number of ether oxygens (including phenoxy) is 1. The number of rotatable bonds is 11. The Morgan fingerprint density at radius 3 is 2.44 bits per heavy atom. The van der Waals surface area contributed by atoms with Crippen LogP contribution in [0.25, 0.3) is 0 Å². The number of hydrogen-bond acceptors (Lipinski definition) is 6. The highest BCUT2D eigenvalue weighted by atomic mass is 16.5. The molecule has 34 heavy (non-hydrogen) atoms. The van der Waals surface area contributed by atoms with Crippen LogP contribution in [0.15, 0.2) is 65.3 Å². The number of esters is 1. The Hall–Kier alpha value is -3.72. The van der Waals surface area contributed by atoms with Crippen molar-refractivity contribution in [2.45, 2.75) is 33.2 Å². The van der Waals surface area contributed by atoms with E-state index in [0.29, 0.717) is 24.4 Å². The first-order valence-corrected chi connectivity index (χ1v) is 11.5. The van der Waals surface area contributed by atoms with Crippen LogP contribution < -0.4 is 15.3 Å². The van der Waals surface area contributed by atoms with Crippen molar-refractivity contribution in [3.8, 4) is 0 Å². The second-order valence-corrected chi connectivity index (χ2v) is 7.90. The molecule has 2 aromatic carbocycles. The zero-order chi connectivity index (χ0) is 24.3. The first kappa shape index (κ1) is 24.9. The Morgan fingerprint density at radius 2 is 1.76 bits per heavy atom. The lowest BCUT2D eigenvalue weighted by molar-refractivity contribution is -0.782. The summed E-state index contributed by atoms with van der Waals surface area (Å²) in [7, 11) is 0. The molecule has 1 atom stereocenters. The first-order chi connectivity index (χ1) is 16.5. The maximum atomic E-state index is 12.3. The normalized spacial score (nSPS) is 11.8. The molecule has 0 radical (unpaired) electrons. The fourth-order valence-electron chi connectivity index (χ4n) is 3.42. The zero-order valence-electron chi connectivity index (χ0n) is 19.9. The van der Waals surface area contributed by atoms with Gasteiger partial charge in [0.25, 0.3) is 6.20 Å². The minimum absolute atomic E-state index is 0.0593. The second kappa shape index (κ2) is 12.5. The number of nitrogens with one attached hydrogen (secondary N) is 2. The van der Waals surface area contributed by atoms with Crippen LogP contribution in [0.2, 0.25) is 0 Å². The molecule has 2 N–H and O–H groups in total. The predicted octanol–water partition coefficient (Wildman–Crippen LogP) is 3.91. The molecular formula is C25H32N5O4+. The molecule has 0 aliphatic rings. The quantitative estimate of drug-likeness (QED) is 0.328. The van der Waals surface area contributed by atoms with E-state index >= 15 is 0 Å². The average Bonchev–Trinajstić information content (AvgIpc) is 3.31. The molecule has 180 valence electrons. The van der Waals surface area contributed by atoms with Crippen molar-refractivity contribution < 1.29 is 23.5 Å². The molecule has 9 heteroatoms. The van der Waals surface area contributed by atoms with E-state index in [1.165, 1.54) is 5.56 Å². The molecule has 3 aromatic rings. The number of aromatic nitrogens is 2. The monoisotopic (exact) mass is 466 g/mol. The molecule has 1 heterocycles. The number of amides is 2. The number of benzene rings is 2. The first-order valence-electron chi connectivity index (χ1n) is 11.5. The molecular weight excluding hydrogens is 434 g/mol. The molecule has 1 unspecified atom stereocenters. The fourth-order valence-corrected chi connectivity index (χ4v) is 3.42. The third-order valence-electron chi connectivity index (χ3n) is 5.46. The van der Waals surface area contributed by atoms with Gasteiger partial charge in [-0.05, 0) is 47.6 Å². The van der Waals surface area contributed by atoms with Gasteiger partial charge in [-0.25, -0.2) is 9.59 Å². The zero-order valence-corrected chi connectivity index (χ0v) is 19.9. The highest BCUT2D eigenvalue weighted by molar-refractivity contribution is 5.99. The average molecular weight is 467 g/mol. The summed E-state index contributed by atoms with van der Waals surface area (Å²) >= 11 is 0. The topological polar surface area (TPSA) is 101 Å². The highest BCUT2D eigenvalue weighted by Crippen LogP contribution is 2.13. The van der Waals surface area contributed by atoms with Gasteiger partial charge in [0.1, 0.15) is 6.61 Å². The maximum absolute atomic E-state index is 12.3. The predicted molar refractivity (Wildman–Crippen MR) is 129 cm³/mol. The van der Waals surface area contributed by atoms with Crippen molar-refractivity contribution in [2.75, 3.05) is 36.9 Å². The Labute approximate surface area is 199 Å². The van der Waals surface area contributed by atoms with E-state index in [9.17, 15) is 9.59 Å². The molecule has 0 bridgehead atoms. The number of carbonyl (C=O) groups is 2. The van der Waals surface area contributed by atoms with E-state index in [1.807, 2.05) is 25.1 Å². The van der Waals surface area contributed by atoms with Crippen molar-refractivity contribution in [1.29, 1.82) is 0 Å². The summed E-state index contributed by atoms with van der Waals surface area (Å²) < 4.78 is 12.2. The Bertz CT molecular complexity index is 1050. The summed E-state index contributed by atoms with van der Waals surface area (Å²) in [5.74, 6) is -0.162. The lowest BCUT2D eigenvalue weighted by Gasteiger charge is -2.17. The Balaban J connectivity index is 1.46. The molecule has 2 amide bonds. The minimum Gasteiger partial charge on any atom is -0.461 e. The van der Waals surface area contributed by atoms with E-state index in [0.717, 1.165) is 19.5 Å². The Kier molecular flexibility index (Phi) is 9.16. The van der Waals surface area contributed by atoms with Crippen LogP contribution in [0, 0.1) is 0 Å². The van der Waals surface area contributed by atoms with Crippen LogP contribution in [0.4, 0.5) is 16.4 Å².